The zero-order valence-corrected chi connectivity index (χ0v) is 16.3. The number of likely N-dealkylation sites (N-methyl/N-ethyl adjacent to an activating group) is 1. The van der Waals surface area contributed by atoms with Gasteiger partial charge in [-0.25, -0.2) is 0 Å². The first-order valence-electron chi connectivity index (χ1n) is 9.53. The van der Waals surface area contributed by atoms with E-state index >= 15 is 0 Å². The number of esters is 1. The number of benzene rings is 1. The summed E-state index contributed by atoms with van der Waals surface area (Å²) in [6.07, 6.45) is 6.40. The molecule has 0 spiro atoms. The Morgan fingerprint density at radius 3 is 2.38 bits per heavy atom. The highest BCUT2D eigenvalue weighted by Crippen LogP contribution is 2.35. The highest BCUT2D eigenvalue weighted by molar-refractivity contribution is 5.77. The number of nitrogens with one attached hydrogen (secondary N) is 1. The maximum absolute atomic E-state index is 12.1. The average molecular weight is 360 g/mol. The normalized spacial score (nSPS) is 22.8. The molecule has 1 aliphatic rings. The first kappa shape index (κ1) is 20.4. The van der Waals surface area contributed by atoms with Crippen molar-refractivity contribution in [1.82, 2.24) is 10.2 Å². The molecule has 1 aromatic carbocycles. The standard InChI is InChI=1S/C21H32N2O3/c1-23(2)21(16-17-8-5-4-6-9-17)14-12-18(13-15-21)22-19(24)10-7-11-20(25)26-3/h4-6,8-9,18H,7,10-16H2,1-3H3,(H,22,24). The molecule has 2 rings (SSSR count). The van der Waals surface area contributed by atoms with E-state index in [1.165, 1.54) is 12.7 Å². The van der Waals surface area contributed by atoms with Crippen LogP contribution in [0.5, 0.6) is 0 Å². The van der Waals surface area contributed by atoms with Gasteiger partial charge in [0.1, 0.15) is 0 Å². The third-order valence-corrected chi connectivity index (χ3v) is 5.62. The van der Waals surface area contributed by atoms with Crippen molar-refractivity contribution in [2.45, 2.75) is 62.9 Å². The minimum absolute atomic E-state index is 0.0410. The topological polar surface area (TPSA) is 58.6 Å². The van der Waals surface area contributed by atoms with Crippen LogP contribution in [0.4, 0.5) is 0 Å². The molecule has 0 bridgehead atoms. The van der Waals surface area contributed by atoms with Crippen molar-refractivity contribution in [1.29, 1.82) is 0 Å². The summed E-state index contributed by atoms with van der Waals surface area (Å²) < 4.78 is 4.60. The zero-order valence-electron chi connectivity index (χ0n) is 16.3. The number of ether oxygens (including phenoxy) is 1. The summed E-state index contributed by atoms with van der Waals surface area (Å²) in [5.74, 6) is -0.216. The van der Waals surface area contributed by atoms with E-state index in [9.17, 15) is 9.59 Å². The molecule has 5 nitrogen and oxygen atoms in total. The van der Waals surface area contributed by atoms with Gasteiger partial charge in [-0.15, -0.1) is 0 Å². The van der Waals surface area contributed by atoms with Gasteiger partial charge in [0.25, 0.3) is 0 Å². The maximum atomic E-state index is 12.1. The molecular formula is C21H32N2O3. The number of methoxy groups -OCH3 is 1. The van der Waals surface area contributed by atoms with E-state index in [0.717, 1.165) is 32.1 Å². The highest BCUT2D eigenvalue weighted by atomic mass is 16.5. The van der Waals surface area contributed by atoms with Crippen LogP contribution in [0.25, 0.3) is 0 Å². The van der Waals surface area contributed by atoms with Crippen molar-refractivity contribution in [3.8, 4) is 0 Å². The third kappa shape index (κ3) is 5.84. The largest absolute Gasteiger partial charge is 0.469 e. The molecule has 0 atom stereocenters. The SMILES string of the molecule is COC(=O)CCCC(=O)NC1CCC(Cc2ccccc2)(N(C)C)CC1. The van der Waals surface area contributed by atoms with Crippen molar-refractivity contribution in [2.75, 3.05) is 21.2 Å². The predicted molar refractivity (Wildman–Crippen MR) is 103 cm³/mol. The van der Waals surface area contributed by atoms with Crippen LogP contribution in [-0.4, -0.2) is 49.6 Å². The van der Waals surface area contributed by atoms with Crippen LogP contribution < -0.4 is 5.32 Å². The summed E-state index contributed by atoms with van der Waals surface area (Å²) in [7, 11) is 5.69. The van der Waals surface area contributed by atoms with Crippen LogP contribution in [0.15, 0.2) is 30.3 Å². The fourth-order valence-electron chi connectivity index (χ4n) is 3.85. The Morgan fingerprint density at radius 1 is 1.15 bits per heavy atom. The number of hydrogen-bond donors (Lipinski definition) is 1. The van der Waals surface area contributed by atoms with Gasteiger partial charge in [-0.3, -0.25) is 9.59 Å². The third-order valence-electron chi connectivity index (χ3n) is 5.62. The summed E-state index contributed by atoms with van der Waals surface area (Å²) in [6, 6.07) is 10.9. The number of hydrogen-bond acceptors (Lipinski definition) is 4. The number of nitrogens with zero attached hydrogens (tertiary/aromatic N) is 1. The van der Waals surface area contributed by atoms with Gasteiger partial charge in [-0.2, -0.15) is 0 Å². The zero-order chi connectivity index (χ0) is 19.0. The van der Waals surface area contributed by atoms with Crippen LogP contribution in [0.2, 0.25) is 0 Å². The lowest BCUT2D eigenvalue weighted by atomic mass is 9.75. The molecule has 0 radical (unpaired) electrons. The molecule has 1 aliphatic carbocycles. The van der Waals surface area contributed by atoms with Gasteiger partial charge in [0.05, 0.1) is 7.11 Å². The van der Waals surface area contributed by atoms with Crippen LogP contribution in [0.1, 0.15) is 50.5 Å². The van der Waals surface area contributed by atoms with E-state index in [-0.39, 0.29) is 23.5 Å². The fraction of sp³-hybridized carbons (Fsp3) is 0.619. The molecule has 0 saturated heterocycles. The first-order chi connectivity index (χ1) is 12.4. The van der Waals surface area contributed by atoms with E-state index in [2.05, 4.69) is 59.4 Å². The molecule has 0 aliphatic heterocycles. The molecule has 0 heterocycles. The summed E-state index contributed by atoms with van der Waals surface area (Å²) in [5.41, 5.74) is 1.53. The summed E-state index contributed by atoms with van der Waals surface area (Å²) in [6.45, 7) is 0. The molecule has 0 unspecified atom stereocenters. The lowest BCUT2D eigenvalue weighted by molar-refractivity contribution is -0.140. The van der Waals surface area contributed by atoms with Gasteiger partial charge >= 0.3 is 5.97 Å². The Kier molecular flexibility index (Phi) is 7.64. The molecular weight excluding hydrogens is 328 g/mol. The van der Waals surface area contributed by atoms with E-state index in [1.807, 2.05) is 0 Å². The Bertz CT molecular complexity index is 578. The second kappa shape index (κ2) is 9.72. The fourth-order valence-corrected chi connectivity index (χ4v) is 3.85. The molecule has 1 aromatic rings. The molecule has 26 heavy (non-hydrogen) atoms. The van der Waals surface area contributed by atoms with Gasteiger partial charge in [0.2, 0.25) is 5.91 Å². The molecule has 0 aromatic heterocycles. The quantitative estimate of drug-likeness (QED) is 0.724. The van der Waals surface area contributed by atoms with E-state index in [4.69, 9.17) is 0 Å². The molecule has 144 valence electrons. The number of carbonyl (C=O) groups excluding carboxylic acids is 2. The number of rotatable bonds is 8. The van der Waals surface area contributed by atoms with Gasteiger partial charge in [0, 0.05) is 24.4 Å². The van der Waals surface area contributed by atoms with Crippen LogP contribution in [-0.2, 0) is 20.7 Å². The minimum Gasteiger partial charge on any atom is -0.469 e. The lowest BCUT2D eigenvalue weighted by Gasteiger charge is -2.45. The van der Waals surface area contributed by atoms with Gasteiger partial charge in [-0.05, 0) is 58.2 Å². The van der Waals surface area contributed by atoms with E-state index < -0.39 is 0 Å². The van der Waals surface area contributed by atoms with Gasteiger partial charge in [-0.1, -0.05) is 30.3 Å². The summed E-state index contributed by atoms with van der Waals surface area (Å²) in [4.78, 5) is 25.6. The molecule has 1 N–H and O–H groups in total. The molecule has 1 fully saturated rings. The monoisotopic (exact) mass is 360 g/mol. The van der Waals surface area contributed by atoms with E-state index in [0.29, 0.717) is 19.3 Å². The van der Waals surface area contributed by atoms with Crippen molar-refractivity contribution in [3.05, 3.63) is 35.9 Å². The van der Waals surface area contributed by atoms with Crippen molar-refractivity contribution in [3.63, 3.8) is 0 Å². The second-order valence-corrected chi connectivity index (χ2v) is 7.55. The summed E-state index contributed by atoms with van der Waals surface area (Å²) >= 11 is 0. The van der Waals surface area contributed by atoms with Crippen LogP contribution in [0, 0.1) is 0 Å². The van der Waals surface area contributed by atoms with Gasteiger partial charge in [0.15, 0.2) is 0 Å². The Hall–Kier alpha value is -1.88. The second-order valence-electron chi connectivity index (χ2n) is 7.55. The minimum atomic E-state index is -0.257. The summed E-state index contributed by atoms with van der Waals surface area (Å²) in [5, 5.41) is 3.14. The van der Waals surface area contributed by atoms with Crippen molar-refractivity contribution < 1.29 is 14.3 Å². The van der Waals surface area contributed by atoms with E-state index in [1.54, 1.807) is 0 Å². The Balaban J connectivity index is 1.82. The highest BCUT2D eigenvalue weighted by Gasteiger charge is 2.37. The molecule has 5 heteroatoms. The number of amides is 1. The maximum Gasteiger partial charge on any atom is 0.305 e. The lowest BCUT2D eigenvalue weighted by Crippen LogP contribution is -2.52. The number of carbonyl (C=O) groups is 2. The van der Waals surface area contributed by atoms with Crippen molar-refractivity contribution >= 4 is 11.9 Å². The Labute approximate surface area is 157 Å². The molecule has 1 saturated carbocycles. The molecule has 1 amide bonds. The first-order valence-corrected chi connectivity index (χ1v) is 9.53. The average Bonchev–Trinajstić information content (AvgIpc) is 2.64. The Morgan fingerprint density at radius 2 is 1.81 bits per heavy atom. The van der Waals surface area contributed by atoms with Crippen molar-refractivity contribution in [2.24, 2.45) is 0 Å². The smallest absolute Gasteiger partial charge is 0.305 e. The van der Waals surface area contributed by atoms with Crippen LogP contribution >= 0.6 is 0 Å². The predicted octanol–water partition coefficient (Wildman–Crippen LogP) is 2.93. The van der Waals surface area contributed by atoms with Crippen LogP contribution in [0.3, 0.4) is 0 Å². The van der Waals surface area contributed by atoms with Gasteiger partial charge < -0.3 is 15.0 Å².